The Balaban J connectivity index is 1.45. The van der Waals surface area contributed by atoms with E-state index in [1.807, 2.05) is 17.0 Å². The molecule has 3 heterocycles. The number of amides is 1. The van der Waals surface area contributed by atoms with Gasteiger partial charge in [-0.2, -0.15) is 0 Å². The van der Waals surface area contributed by atoms with Crippen LogP contribution in [0.15, 0.2) is 27.3 Å². The molecule has 7 heteroatoms. The first-order valence-electron chi connectivity index (χ1n) is 10.3. The number of carbonyl (C=O) groups is 1. The van der Waals surface area contributed by atoms with Gasteiger partial charge in [0.15, 0.2) is 5.69 Å². The zero-order valence-electron chi connectivity index (χ0n) is 16.6. The van der Waals surface area contributed by atoms with E-state index in [1.165, 1.54) is 0 Å². The highest BCUT2D eigenvalue weighted by Gasteiger charge is 2.30. The molecule has 1 aliphatic heterocycles. The van der Waals surface area contributed by atoms with Crippen molar-refractivity contribution in [1.29, 1.82) is 0 Å². The predicted octanol–water partition coefficient (Wildman–Crippen LogP) is 2.76. The maximum Gasteiger partial charge on any atom is 0.276 e. The summed E-state index contributed by atoms with van der Waals surface area (Å²) < 4.78 is 16.4. The van der Waals surface area contributed by atoms with Crippen LogP contribution in [0.5, 0.6) is 0 Å². The van der Waals surface area contributed by atoms with Gasteiger partial charge in [0.1, 0.15) is 11.5 Å². The number of furan rings is 1. The van der Waals surface area contributed by atoms with E-state index in [0.29, 0.717) is 24.7 Å². The number of hydrogen-bond acceptors (Lipinski definition) is 6. The first kappa shape index (κ1) is 19.2. The third-order valence-corrected chi connectivity index (χ3v) is 5.71. The largest absolute Gasteiger partial charge is 0.467 e. The van der Waals surface area contributed by atoms with Crippen LogP contribution in [0.4, 0.5) is 0 Å². The average molecular weight is 387 g/mol. The van der Waals surface area contributed by atoms with E-state index in [9.17, 15) is 4.79 Å². The lowest BCUT2D eigenvalue weighted by molar-refractivity contribution is 0.0354. The van der Waals surface area contributed by atoms with Gasteiger partial charge in [0, 0.05) is 38.2 Å². The molecule has 1 atom stereocenters. The highest BCUT2D eigenvalue weighted by molar-refractivity contribution is 5.93. The molecule has 1 fully saturated rings. The fourth-order valence-corrected chi connectivity index (χ4v) is 4.05. The molecule has 1 aliphatic carbocycles. The number of rotatable bonds is 7. The molecule has 4 rings (SSSR count). The van der Waals surface area contributed by atoms with Crippen LogP contribution >= 0.6 is 0 Å². The molecular weight excluding hydrogens is 358 g/mol. The van der Waals surface area contributed by atoms with Gasteiger partial charge in [-0.1, -0.05) is 12.1 Å². The Labute approximate surface area is 165 Å². The van der Waals surface area contributed by atoms with Gasteiger partial charge in [-0.05, 0) is 37.3 Å². The first-order valence-corrected chi connectivity index (χ1v) is 10.3. The van der Waals surface area contributed by atoms with Crippen LogP contribution in [0.1, 0.15) is 47.3 Å². The summed E-state index contributed by atoms with van der Waals surface area (Å²) in [6, 6.07) is 3.76. The van der Waals surface area contributed by atoms with Crippen molar-refractivity contribution >= 4 is 5.91 Å². The fraction of sp³-hybridized carbons (Fsp3) is 0.619. The molecule has 1 saturated heterocycles. The van der Waals surface area contributed by atoms with Crippen molar-refractivity contribution < 1.29 is 18.5 Å². The molecule has 0 aromatic carbocycles. The van der Waals surface area contributed by atoms with Gasteiger partial charge in [-0.25, -0.2) is 0 Å². The number of carbonyl (C=O) groups excluding carboxylic acids is 1. The van der Waals surface area contributed by atoms with Crippen LogP contribution in [-0.4, -0.2) is 60.3 Å². The summed E-state index contributed by atoms with van der Waals surface area (Å²) in [7, 11) is 0. The molecule has 0 bridgehead atoms. The highest BCUT2D eigenvalue weighted by Crippen LogP contribution is 2.28. The number of morpholine rings is 1. The monoisotopic (exact) mass is 387 g/mol. The van der Waals surface area contributed by atoms with Crippen LogP contribution < -0.4 is 0 Å². The minimum atomic E-state index is -0.0579. The zero-order valence-corrected chi connectivity index (χ0v) is 16.6. The van der Waals surface area contributed by atoms with Crippen molar-refractivity contribution in [2.45, 2.75) is 39.2 Å². The Bertz CT molecular complexity index is 765. The maximum absolute atomic E-state index is 13.3. The van der Waals surface area contributed by atoms with Crippen LogP contribution in [0, 0.1) is 5.92 Å². The topological polar surface area (TPSA) is 72.0 Å². The standard InChI is InChI=1S/C21H29N3O4/c1-16-5-6-19-18(14-16)20(22-28-19)21(25)24(15-17-4-2-11-27-17)8-3-7-23-9-12-26-13-10-23/h2,4,11,16H,3,5-10,12-15H2,1H3/t16-/m0/s1. The van der Waals surface area contributed by atoms with E-state index >= 15 is 0 Å². The summed E-state index contributed by atoms with van der Waals surface area (Å²) in [6.45, 7) is 7.78. The van der Waals surface area contributed by atoms with Crippen molar-refractivity contribution in [1.82, 2.24) is 15.0 Å². The molecule has 2 aromatic heterocycles. The molecule has 152 valence electrons. The van der Waals surface area contributed by atoms with Crippen molar-refractivity contribution in [3.8, 4) is 0 Å². The molecule has 28 heavy (non-hydrogen) atoms. The van der Waals surface area contributed by atoms with Gasteiger partial charge < -0.3 is 18.6 Å². The number of ether oxygens (including phenoxy) is 1. The van der Waals surface area contributed by atoms with Crippen molar-refractivity contribution in [2.24, 2.45) is 5.92 Å². The molecule has 2 aromatic rings. The summed E-state index contributed by atoms with van der Waals surface area (Å²) in [5.74, 6) is 2.16. The molecule has 0 radical (unpaired) electrons. The average Bonchev–Trinajstić information content (AvgIpc) is 3.37. The number of fused-ring (bicyclic) bond motifs is 1. The molecular formula is C21H29N3O4. The number of aryl methyl sites for hydroxylation is 1. The smallest absolute Gasteiger partial charge is 0.276 e. The van der Waals surface area contributed by atoms with E-state index in [4.69, 9.17) is 13.7 Å². The minimum Gasteiger partial charge on any atom is -0.467 e. The van der Waals surface area contributed by atoms with Gasteiger partial charge in [-0.15, -0.1) is 0 Å². The summed E-state index contributed by atoms with van der Waals surface area (Å²) >= 11 is 0. The van der Waals surface area contributed by atoms with E-state index in [2.05, 4.69) is 17.0 Å². The van der Waals surface area contributed by atoms with Crippen molar-refractivity contribution in [3.05, 3.63) is 41.2 Å². The number of aromatic nitrogens is 1. The zero-order chi connectivity index (χ0) is 19.3. The second-order valence-corrected chi connectivity index (χ2v) is 7.89. The Morgan fingerprint density at radius 1 is 1.36 bits per heavy atom. The Morgan fingerprint density at radius 3 is 3.00 bits per heavy atom. The van der Waals surface area contributed by atoms with Gasteiger partial charge in [0.25, 0.3) is 5.91 Å². The lowest BCUT2D eigenvalue weighted by Crippen LogP contribution is -2.39. The van der Waals surface area contributed by atoms with Crippen LogP contribution in [0.2, 0.25) is 0 Å². The molecule has 2 aliphatic rings. The summed E-state index contributed by atoms with van der Waals surface area (Å²) in [4.78, 5) is 17.6. The maximum atomic E-state index is 13.3. The van der Waals surface area contributed by atoms with E-state index in [-0.39, 0.29) is 5.91 Å². The fourth-order valence-electron chi connectivity index (χ4n) is 4.05. The molecule has 0 N–H and O–H groups in total. The minimum absolute atomic E-state index is 0.0579. The number of nitrogens with zero attached hydrogens (tertiary/aromatic N) is 3. The first-order chi connectivity index (χ1) is 13.7. The predicted molar refractivity (Wildman–Crippen MR) is 103 cm³/mol. The van der Waals surface area contributed by atoms with E-state index < -0.39 is 0 Å². The third kappa shape index (κ3) is 4.47. The van der Waals surface area contributed by atoms with Crippen LogP contribution in [-0.2, 0) is 24.1 Å². The van der Waals surface area contributed by atoms with Crippen LogP contribution in [0.3, 0.4) is 0 Å². The lowest BCUT2D eigenvalue weighted by atomic mass is 9.88. The van der Waals surface area contributed by atoms with Crippen LogP contribution in [0.25, 0.3) is 0 Å². The van der Waals surface area contributed by atoms with E-state index in [0.717, 1.165) is 75.6 Å². The van der Waals surface area contributed by atoms with Gasteiger partial charge >= 0.3 is 0 Å². The summed E-state index contributed by atoms with van der Waals surface area (Å²) in [6.07, 6.45) is 5.37. The molecule has 1 amide bonds. The van der Waals surface area contributed by atoms with Gasteiger partial charge in [0.05, 0.1) is 26.0 Å². The Hall–Kier alpha value is -2.12. The SMILES string of the molecule is C[C@H]1CCc2onc(C(=O)N(CCCN3CCOCC3)Cc3ccco3)c2C1. The molecule has 0 saturated carbocycles. The van der Waals surface area contributed by atoms with E-state index in [1.54, 1.807) is 6.26 Å². The van der Waals surface area contributed by atoms with Gasteiger partial charge in [-0.3, -0.25) is 9.69 Å². The Morgan fingerprint density at radius 2 is 2.21 bits per heavy atom. The molecule has 0 unspecified atom stereocenters. The number of hydrogen-bond donors (Lipinski definition) is 0. The Kier molecular flexibility index (Phi) is 6.12. The lowest BCUT2D eigenvalue weighted by Gasteiger charge is -2.28. The normalized spacial score (nSPS) is 20.1. The van der Waals surface area contributed by atoms with Gasteiger partial charge in [0.2, 0.25) is 0 Å². The molecule has 0 spiro atoms. The highest BCUT2D eigenvalue weighted by atomic mass is 16.5. The quantitative estimate of drug-likeness (QED) is 0.727. The summed E-state index contributed by atoms with van der Waals surface area (Å²) in [5.41, 5.74) is 1.49. The molecule has 7 nitrogen and oxygen atoms in total. The van der Waals surface area contributed by atoms with Crippen molar-refractivity contribution in [3.63, 3.8) is 0 Å². The second-order valence-electron chi connectivity index (χ2n) is 7.89. The van der Waals surface area contributed by atoms with Crippen molar-refractivity contribution in [2.75, 3.05) is 39.4 Å². The summed E-state index contributed by atoms with van der Waals surface area (Å²) in [5, 5.41) is 4.16. The third-order valence-electron chi connectivity index (χ3n) is 5.71. The second kappa shape index (κ2) is 8.92.